The van der Waals surface area contributed by atoms with Crippen molar-refractivity contribution >= 4 is 16.3 Å². The van der Waals surface area contributed by atoms with E-state index in [1.54, 1.807) is 11.3 Å². The fraction of sp³-hybridized carbons (Fsp3) is 0.312. The third kappa shape index (κ3) is 2.80. The van der Waals surface area contributed by atoms with Crippen molar-refractivity contribution in [3.63, 3.8) is 0 Å². The third-order valence-electron chi connectivity index (χ3n) is 3.53. The number of nitrogens with two attached hydrogens (primary N) is 1. The van der Waals surface area contributed by atoms with Crippen molar-refractivity contribution in [1.82, 2.24) is 9.38 Å². The molecule has 0 aliphatic carbocycles. The number of aromatic nitrogens is 2. The van der Waals surface area contributed by atoms with Crippen molar-refractivity contribution in [2.45, 2.75) is 33.2 Å². The maximum Gasteiger partial charge on any atom is 0.242 e. The van der Waals surface area contributed by atoms with Gasteiger partial charge in [-0.3, -0.25) is 4.40 Å². The molecule has 0 saturated heterocycles. The van der Waals surface area contributed by atoms with Crippen LogP contribution in [0.2, 0.25) is 0 Å². The number of nitrogens with zero attached hydrogens (tertiary/aromatic N) is 2. The summed E-state index contributed by atoms with van der Waals surface area (Å²) in [5.41, 5.74) is 9.45. The fourth-order valence-corrected chi connectivity index (χ4v) is 3.00. The highest BCUT2D eigenvalue weighted by Gasteiger charge is 2.16. The van der Waals surface area contributed by atoms with Crippen LogP contribution in [0.25, 0.3) is 4.96 Å². The van der Waals surface area contributed by atoms with Crippen molar-refractivity contribution in [3.8, 4) is 11.6 Å². The van der Waals surface area contributed by atoms with Crippen LogP contribution in [0.15, 0.2) is 29.8 Å². The van der Waals surface area contributed by atoms with Crippen LogP contribution in [-0.4, -0.2) is 15.4 Å². The number of hydrogen-bond donors (Lipinski definition) is 1. The normalized spacial score (nSPS) is 12.8. The van der Waals surface area contributed by atoms with Crippen LogP contribution in [0.5, 0.6) is 11.6 Å². The first-order chi connectivity index (χ1) is 10.0. The molecule has 0 radical (unpaired) electrons. The molecule has 0 fully saturated rings. The average Bonchev–Trinajstić information content (AvgIpc) is 2.97. The van der Waals surface area contributed by atoms with Crippen molar-refractivity contribution < 1.29 is 4.74 Å². The molecule has 5 heteroatoms. The van der Waals surface area contributed by atoms with Gasteiger partial charge in [0.15, 0.2) is 4.96 Å². The monoisotopic (exact) mass is 301 g/mol. The zero-order chi connectivity index (χ0) is 15.0. The summed E-state index contributed by atoms with van der Waals surface area (Å²) >= 11 is 1.60. The molecule has 2 N–H and O–H groups in total. The highest BCUT2D eigenvalue weighted by atomic mass is 32.1. The molecular weight excluding hydrogens is 282 g/mol. The number of hydrogen-bond acceptors (Lipinski definition) is 4. The molecule has 3 aromatic rings. The van der Waals surface area contributed by atoms with Crippen LogP contribution in [0.3, 0.4) is 0 Å². The Hall–Kier alpha value is -1.85. The maximum atomic E-state index is 6.01. The molecule has 0 aliphatic heterocycles. The Morgan fingerprint density at radius 2 is 2.14 bits per heavy atom. The van der Waals surface area contributed by atoms with Crippen LogP contribution < -0.4 is 10.5 Å². The number of ether oxygens (including phenoxy) is 1. The van der Waals surface area contributed by atoms with Gasteiger partial charge in [0, 0.05) is 24.0 Å². The van der Waals surface area contributed by atoms with E-state index in [1.165, 1.54) is 11.1 Å². The molecule has 2 heterocycles. The largest absolute Gasteiger partial charge is 0.437 e. The van der Waals surface area contributed by atoms with Crippen LogP contribution in [0, 0.1) is 13.8 Å². The fourth-order valence-electron chi connectivity index (χ4n) is 2.27. The van der Waals surface area contributed by atoms with E-state index in [0.717, 1.165) is 22.8 Å². The van der Waals surface area contributed by atoms with Crippen LogP contribution >= 0.6 is 11.3 Å². The first-order valence-electron chi connectivity index (χ1n) is 6.99. The molecule has 1 unspecified atom stereocenters. The van der Waals surface area contributed by atoms with Gasteiger partial charge in [0.2, 0.25) is 5.88 Å². The topological polar surface area (TPSA) is 52.5 Å². The number of imidazole rings is 1. The van der Waals surface area contributed by atoms with E-state index in [1.807, 2.05) is 30.6 Å². The first kappa shape index (κ1) is 14.1. The van der Waals surface area contributed by atoms with Gasteiger partial charge in [-0.2, -0.15) is 4.98 Å². The van der Waals surface area contributed by atoms with Gasteiger partial charge in [-0.15, -0.1) is 11.3 Å². The summed E-state index contributed by atoms with van der Waals surface area (Å²) < 4.78 is 8.07. The van der Waals surface area contributed by atoms with Gasteiger partial charge in [-0.1, -0.05) is 6.07 Å². The Labute approximate surface area is 128 Å². The Kier molecular flexibility index (Phi) is 3.69. The molecule has 3 rings (SSSR count). The van der Waals surface area contributed by atoms with E-state index in [4.69, 9.17) is 10.5 Å². The number of rotatable bonds is 4. The minimum atomic E-state index is 0.0619. The Balaban J connectivity index is 1.98. The number of thiazole rings is 1. The highest BCUT2D eigenvalue weighted by molar-refractivity contribution is 7.15. The molecule has 4 nitrogen and oxygen atoms in total. The summed E-state index contributed by atoms with van der Waals surface area (Å²) in [4.78, 5) is 5.51. The van der Waals surface area contributed by atoms with Crippen molar-refractivity contribution in [3.05, 3.63) is 46.6 Å². The second-order valence-electron chi connectivity index (χ2n) is 5.45. The van der Waals surface area contributed by atoms with Crippen LogP contribution in [-0.2, 0) is 6.42 Å². The lowest BCUT2D eigenvalue weighted by Crippen LogP contribution is -2.19. The minimum absolute atomic E-state index is 0.0619. The molecule has 110 valence electrons. The summed E-state index contributed by atoms with van der Waals surface area (Å²) in [5.74, 6) is 1.47. The molecule has 0 bridgehead atoms. The second kappa shape index (κ2) is 5.50. The lowest BCUT2D eigenvalue weighted by atomic mass is 10.1. The molecule has 1 atom stereocenters. The van der Waals surface area contributed by atoms with Gasteiger partial charge in [0.1, 0.15) is 5.75 Å². The third-order valence-corrected chi connectivity index (χ3v) is 4.29. The molecule has 21 heavy (non-hydrogen) atoms. The van der Waals surface area contributed by atoms with Gasteiger partial charge >= 0.3 is 0 Å². The Morgan fingerprint density at radius 3 is 2.86 bits per heavy atom. The summed E-state index contributed by atoms with van der Waals surface area (Å²) in [6, 6.07) is 6.14. The molecule has 0 aliphatic rings. The van der Waals surface area contributed by atoms with E-state index < -0.39 is 0 Å². The summed E-state index contributed by atoms with van der Waals surface area (Å²) in [5, 5.41) is 2.02. The predicted octanol–water partition coefficient (Wildman–Crippen LogP) is 3.69. The second-order valence-corrected chi connectivity index (χ2v) is 6.32. The summed E-state index contributed by atoms with van der Waals surface area (Å²) in [6.07, 6.45) is 2.75. The van der Waals surface area contributed by atoms with Crippen LogP contribution in [0.4, 0.5) is 0 Å². The summed E-state index contributed by atoms with van der Waals surface area (Å²) in [6.45, 7) is 6.16. The van der Waals surface area contributed by atoms with Gasteiger partial charge in [0.05, 0.1) is 5.69 Å². The van der Waals surface area contributed by atoms with E-state index in [2.05, 4.69) is 29.3 Å². The van der Waals surface area contributed by atoms with Gasteiger partial charge < -0.3 is 10.5 Å². The smallest absolute Gasteiger partial charge is 0.242 e. The zero-order valence-electron chi connectivity index (χ0n) is 12.5. The number of benzene rings is 1. The quantitative estimate of drug-likeness (QED) is 0.799. The predicted molar refractivity (Wildman–Crippen MR) is 86.4 cm³/mol. The van der Waals surface area contributed by atoms with Gasteiger partial charge in [-0.05, 0) is 44.0 Å². The average molecular weight is 301 g/mol. The van der Waals surface area contributed by atoms with Crippen molar-refractivity contribution in [1.29, 1.82) is 0 Å². The molecule has 1 aromatic carbocycles. The SMILES string of the molecule is Cc1ccc(Oc2nc3sccn3c2CC(C)N)cc1C. The number of aryl methyl sites for hydroxylation is 2. The number of fused-ring (bicyclic) bond motifs is 1. The first-order valence-corrected chi connectivity index (χ1v) is 7.87. The van der Waals surface area contributed by atoms with E-state index in [0.29, 0.717) is 5.88 Å². The Bertz CT molecular complexity index is 773. The van der Waals surface area contributed by atoms with Crippen molar-refractivity contribution in [2.24, 2.45) is 5.73 Å². The Morgan fingerprint density at radius 1 is 1.33 bits per heavy atom. The molecule has 2 aromatic heterocycles. The van der Waals surface area contributed by atoms with E-state index >= 15 is 0 Å². The lowest BCUT2D eigenvalue weighted by Gasteiger charge is -2.09. The standard InChI is InChI=1S/C16H19N3OS/c1-10-4-5-13(8-11(10)2)20-15-14(9-12(3)17)19-6-7-21-16(19)18-15/h4-8,12H,9,17H2,1-3H3. The lowest BCUT2D eigenvalue weighted by molar-refractivity contribution is 0.456. The summed E-state index contributed by atoms with van der Waals surface area (Å²) in [7, 11) is 0. The zero-order valence-corrected chi connectivity index (χ0v) is 13.3. The van der Waals surface area contributed by atoms with E-state index in [-0.39, 0.29) is 6.04 Å². The van der Waals surface area contributed by atoms with Gasteiger partial charge in [-0.25, -0.2) is 0 Å². The molecule has 0 spiro atoms. The minimum Gasteiger partial charge on any atom is -0.437 e. The highest BCUT2D eigenvalue weighted by Crippen LogP contribution is 2.29. The molecular formula is C16H19N3OS. The molecule has 0 saturated carbocycles. The molecule has 0 amide bonds. The van der Waals surface area contributed by atoms with Crippen LogP contribution in [0.1, 0.15) is 23.7 Å². The van der Waals surface area contributed by atoms with Gasteiger partial charge in [0.25, 0.3) is 0 Å². The maximum absolute atomic E-state index is 6.01. The van der Waals surface area contributed by atoms with Crippen molar-refractivity contribution in [2.75, 3.05) is 0 Å². The van der Waals surface area contributed by atoms with E-state index in [9.17, 15) is 0 Å².